The summed E-state index contributed by atoms with van der Waals surface area (Å²) in [6.07, 6.45) is 0.147. The summed E-state index contributed by atoms with van der Waals surface area (Å²) >= 11 is 1.13. The first-order valence-electron chi connectivity index (χ1n) is 14.1. The van der Waals surface area contributed by atoms with Crippen LogP contribution in [0.15, 0.2) is 45.6 Å². The summed E-state index contributed by atoms with van der Waals surface area (Å²) in [6, 6.07) is 11.6. The smallest absolute Gasteiger partial charge is 0.418 e. The lowest BCUT2D eigenvalue weighted by Crippen LogP contribution is -2.45. The van der Waals surface area contributed by atoms with Gasteiger partial charge in [0.1, 0.15) is 16.2 Å². The maximum atomic E-state index is 15.1. The SMILES string of the molecule is CC1(C)CCN2CCC(C)(C)c3c2c1cc1c(C(F)(F)F)c(-c2nc4c(s2)C=C(c2ccccc2)CC4)c(=O)oc31. The Balaban J connectivity index is 1.51. The van der Waals surface area contributed by atoms with Gasteiger partial charge in [0.2, 0.25) is 0 Å². The fourth-order valence-corrected chi connectivity index (χ4v) is 7.96. The molecule has 4 nitrogen and oxygen atoms in total. The maximum absolute atomic E-state index is 15.1. The van der Waals surface area contributed by atoms with Crippen molar-refractivity contribution < 1.29 is 17.6 Å². The molecule has 0 saturated carbocycles. The van der Waals surface area contributed by atoms with Crippen LogP contribution in [-0.4, -0.2) is 18.1 Å². The van der Waals surface area contributed by atoms with E-state index in [0.717, 1.165) is 76.6 Å². The number of benzene rings is 2. The molecule has 0 spiro atoms. The molecule has 2 aromatic heterocycles. The van der Waals surface area contributed by atoms with E-state index in [1.54, 1.807) is 6.07 Å². The molecule has 7 rings (SSSR count). The standard InChI is InChI=1S/C33H31F3N2O2S/c1-31(2)12-14-38-15-13-32(3,4)26-27(38)21(31)17-20-25(33(34,35)36)24(30(39)40-28(20)26)29-37-22-11-10-19(16-23(22)41-29)18-8-6-5-7-9-18/h5-9,16-17H,10-15H2,1-4H3. The lowest BCUT2D eigenvalue weighted by Gasteiger charge is -2.48. The molecule has 1 aliphatic carbocycles. The highest BCUT2D eigenvalue weighted by Crippen LogP contribution is 2.54. The second-order valence-corrected chi connectivity index (χ2v) is 13.8. The zero-order chi connectivity index (χ0) is 28.9. The van der Waals surface area contributed by atoms with E-state index in [1.165, 1.54) is 0 Å². The van der Waals surface area contributed by atoms with Gasteiger partial charge in [-0.25, -0.2) is 9.78 Å². The van der Waals surface area contributed by atoms with Crippen molar-refractivity contribution in [2.24, 2.45) is 0 Å². The Hall–Kier alpha value is -3.39. The number of aryl methyl sites for hydroxylation is 1. The minimum atomic E-state index is -4.78. The van der Waals surface area contributed by atoms with Crippen molar-refractivity contribution in [3.63, 3.8) is 0 Å². The molecule has 0 atom stereocenters. The van der Waals surface area contributed by atoms with Crippen LogP contribution in [0.25, 0.3) is 33.2 Å². The molecule has 0 saturated heterocycles. The summed E-state index contributed by atoms with van der Waals surface area (Å²) < 4.78 is 51.3. The second kappa shape index (κ2) is 8.81. The molecule has 2 aliphatic heterocycles. The number of hydrogen-bond donors (Lipinski definition) is 0. The third-order valence-corrected chi connectivity index (χ3v) is 10.3. The summed E-state index contributed by atoms with van der Waals surface area (Å²) in [5, 5.41) is 0.0227. The van der Waals surface area contributed by atoms with Crippen molar-refractivity contribution in [2.45, 2.75) is 70.4 Å². The first-order chi connectivity index (χ1) is 19.3. The van der Waals surface area contributed by atoms with E-state index >= 15 is 13.2 Å². The van der Waals surface area contributed by atoms with Crippen molar-refractivity contribution in [3.8, 4) is 10.6 Å². The van der Waals surface area contributed by atoms with Gasteiger partial charge in [-0.1, -0.05) is 58.0 Å². The van der Waals surface area contributed by atoms with Crippen LogP contribution < -0.4 is 10.5 Å². The highest BCUT2D eigenvalue weighted by atomic mass is 32.1. The van der Waals surface area contributed by atoms with E-state index in [-0.39, 0.29) is 21.4 Å². The van der Waals surface area contributed by atoms with Crippen molar-refractivity contribution in [1.82, 2.24) is 4.98 Å². The van der Waals surface area contributed by atoms with Crippen LogP contribution in [-0.2, 0) is 23.4 Å². The molecule has 8 heteroatoms. The van der Waals surface area contributed by atoms with Crippen molar-refractivity contribution in [1.29, 1.82) is 0 Å². The van der Waals surface area contributed by atoms with Gasteiger partial charge in [-0.3, -0.25) is 0 Å². The molecule has 212 valence electrons. The minimum absolute atomic E-state index is 0.0422. The van der Waals surface area contributed by atoms with E-state index in [1.807, 2.05) is 50.3 Å². The van der Waals surface area contributed by atoms with Crippen LogP contribution in [0.4, 0.5) is 18.9 Å². The number of rotatable bonds is 2. The summed E-state index contributed by atoms with van der Waals surface area (Å²) in [7, 11) is 0. The molecular formula is C33H31F3N2O2S. The van der Waals surface area contributed by atoms with Gasteiger partial charge >= 0.3 is 11.8 Å². The maximum Gasteiger partial charge on any atom is 0.418 e. The average molecular weight is 577 g/mol. The Labute approximate surface area is 240 Å². The van der Waals surface area contributed by atoms with E-state index < -0.39 is 28.3 Å². The van der Waals surface area contributed by atoms with Crippen LogP contribution in [0.1, 0.15) is 79.8 Å². The molecule has 0 amide bonds. The summed E-state index contributed by atoms with van der Waals surface area (Å²) in [5.41, 5.74) is 2.33. The summed E-state index contributed by atoms with van der Waals surface area (Å²) in [4.78, 5) is 21.3. The molecule has 4 heterocycles. The van der Waals surface area contributed by atoms with E-state index in [0.29, 0.717) is 12.0 Å². The first-order valence-corrected chi connectivity index (χ1v) is 14.9. The number of alkyl halides is 3. The summed E-state index contributed by atoms with van der Waals surface area (Å²) in [5.74, 6) is 0. The normalized spacial score (nSPS) is 19.1. The second-order valence-electron chi connectivity index (χ2n) is 12.8. The molecule has 3 aliphatic rings. The number of nitrogens with zero attached hydrogens (tertiary/aromatic N) is 2. The molecule has 4 aromatic rings. The highest BCUT2D eigenvalue weighted by Gasteiger charge is 2.46. The summed E-state index contributed by atoms with van der Waals surface area (Å²) in [6.45, 7) is 9.90. The number of allylic oxidation sites excluding steroid dienone is 1. The quantitative estimate of drug-likeness (QED) is 0.224. The van der Waals surface area contributed by atoms with Gasteiger partial charge in [0.25, 0.3) is 0 Å². The molecule has 2 aromatic carbocycles. The van der Waals surface area contributed by atoms with Gasteiger partial charge in [0.05, 0.1) is 16.1 Å². The Morgan fingerprint density at radius 1 is 1.00 bits per heavy atom. The van der Waals surface area contributed by atoms with Gasteiger partial charge in [0, 0.05) is 29.7 Å². The molecular weight excluding hydrogens is 545 g/mol. The highest BCUT2D eigenvalue weighted by molar-refractivity contribution is 7.16. The van der Waals surface area contributed by atoms with Crippen molar-refractivity contribution in [3.05, 3.63) is 79.6 Å². The van der Waals surface area contributed by atoms with Crippen LogP contribution >= 0.6 is 11.3 Å². The molecule has 0 N–H and O–H groups in total. The minimum Gasteiger partial charge on any atom is -0.422 e. The third kappa shape index (κ3) is 4.09. The molecule has 0 bridgehead atoms. The third-order valence-electron chi connectivity index (χ3n) is 9.21. The van der Waals surface area contributed by atoms with Crippen molar-refractivity contribution >= 4 is 39.6 Å². The molecule has 41 heavy (non-hydrogen) atoms. The molecule has 0 unspecified atom stereocenters. The topological polar surface area (TPSA) is 46.3 Å². The van der Waals surface area contributed by atoms with Gasteiger partial charge < -0.3 is 9.32 Å². The van der Waals surface area contributed by atoms with Crippen molar-refractivity contribution in [2.75, 3.05) is 18.0 Å². The fraction of sp³-hybridized carbons (Fsp3) is 0.394. The zero-order valence-corrected chi connectivity index (χ0v) is 24.4. The fourth-order valence-electron chi connectivity index (χ4n) is 6.84. The predicted molar refractivity (Wildman–Crippen MR) is 159 cm³/mol. The lowest BCUT2D eigenvalue weighted by molar-refractivity contribution is -0.136. The van der Waals surface area contributed by atoms with Gasteiger partial charge in [-0.05, 0) is 65.4 Å². The van der Waals surface area contributed by atoms with Crippen LogP contribution in [0, 0.1) is 0 Å². The number of fused-ring (bicyclic) bond motifs is 3. The number of aromatic nitrogens is 1. The van der Waals surface area contributed by atoms with E-state index in [2.05, 4.69) is 23.7 Å². The Kier molecular flexibility index (Phi) is 5.69. The number of hydrogen-bond acceptors (Lipinski definition) is 5. The van der Waals surface area contributed by atoms with E-state index in [9.17, 15) is 4.79 Å². The Morgan fingerprint density at radius 2 is 1.71 bits per heavy atom. The Bertz CT molecular complexity index is 1810. The first kappa shape index (κ1) is 26.5. The van der Waals surface area contributed by atoms with Crippen LogP contribution in [0.2, 0.25) is 0 Å². The average Bonchev–Trinajstić information content (AvgIpc) is 3.33. The van der Waals surface area contributed by atoms with E-state index in [4.69, 9.17) is 4.42 Å². The predicted octanol–water partition coefficient (Wildman–Crippen LogP) is 8.59. The monoisotopic (exact) mass is 576 g/mol. The zero-order valence-electron chi connectivity index (χ0n) is 23.5. The number of anilines is 1. The largest absolute Gasteiger partial charge is 0.422 e. The van der Waals surface area contributed by atoms with Gasteiger partial charge in [0.15, 0.2) is 0 Å². The van der Waals surface area contributed by atoms with Gasteiger partial charge in [-0.15, -0.1) is 11.3 Å². The number of thiazole rings is 1. The van der Waals surface area contributed by atoms with Crippen LogP contribution in [0.3, 0.4) is 0 Å². The number of halogens is 3. The van der Waals surface area contributed by atoms with Crippen LogP contribution in [0.5, 0.6) is 0 Å². The molecule has 0 radical (unpaired) electrons. The van der Waals surface area contributed by atoms with Gasteiger partial charge in [-0.2, -0.15) is 13.2 Å². The lowest BCUT2D eigenvalue weighted by atomic mass is 9.69. The molecule has 0 fully saturated rings. The Morgan fingerprint density at radius 3 is 2.41 bits per heavy atom.